The molecule has 3 nitrogen and oxygen atoms in total. The molecule has 3 N–H and O–H groups in total. The van der Waals surface area contributed by atoms with Crippen LogP contribution in [0.15, 0.2) is 18.3 Å². The molecule has 6 heteroatoms. The number of aromatic nitrogens is 2. The largest absolute Gasteiger partial charge is 0.418 e. The number of fused-ring (bicyclic) bond motifs is 1. The van der Waals surface area contributed by atoms with Gasteiger partial charge in [-0.15, -0.1) is 0 Å². The number of rotatable bonds is 0. The predicted molar refractivity (Wildman–Crippen MR) is 45.5 cm³/mol. The average Bonchev–Trinajstić information content (AvgIpc) is 2.47. The minimum absolute atomic E-state index is 0.0355. The summed E-state index contributed by atoms with van der Waals surface area (Å²) >= 11 is 0. The molecule has 0 aliphatic heterocycles. The van der Waals surface area contributed by atoms with Crippen LogP contribution in [0.2, 0.25) is 0 Å². The number of hydrogen-bond donors (Lipinski definition) is 2. The smallest absolute Gasteiger partial charge is 0.399 e. The van der Waals surface area contributed by atoms with Crippen LogP contribution in [0.5, 0.6) is 0 Å². The summed E-state index contributed by atoms with van der Waals surface area (Å²) in [6, 6.07) is 2.33. The molecule has 74 valence electrons. The van der Waals surface area contributed by atoms with Gasteiger partial charge in [-0.3, -0.25) is 5.10 Å². The fourth-order valence-electron chi connectivity index (χ4n) is 1.30. The molecule has 0 bridgehead atoms. The zero-order valence-electron chi connectivity index (χ0n) is 6.89. The molecular weight excluding hydrogens is 195 g/mol. The van der Waals surface area contributed by atoms with Crippen molar-refractivity contribution in [3.63, 3.8) is 0 Å². The third-order valence-electron chi connectivity index (χ3n) is 1.88. The Morgan fingerprint density at radius 1 is 1.29 bits per heavy atom. The SMILES string of the molecule is Nc1cc(C(F)(F)F)c2[nH]ncc2c1. The fourth-order valence-corrected chi connectivity index (χ4v) is 1.30. The predicted octanol–water partition coefficient (Wildman–Crippen LogP) is 2.16. The van der Waals surface area contributed by atoms with Crippen molar-refractivity contribution in [2.24, 2.45) is 0 Å². The molecule has 2 rings (SSSR count). The number of nitrogen functional groups attached to an aromatic ring is 1. The monoisotopic (exact) mass is 201 g/mol. The average molecular weight is 201 g/mol. The molecule has 14 heavy (non-hydrogen) atoms. The van der Waals surface area contributed by atoms with Crippen LogP contribution in [0.4, 0.5) is 18.9 Å². The van der Waals surface area contributed by atoms with Gasteiger partial charge in [0.15, 0.2) is 0 Å². The fraction of sp³-hybridized carbons (Fsp3) is 0.125. The number of benzene rings is 1. The second-order valence-corrected chi connectivity index (χ2v) is 2.90. The van der Waals surface area contributed by atoms with E-state index in [1.807, 2.05) is 0 Å². The summed E-state index contributed by atoms with van der Waals surface area (Å²) < 4.78 is 37.4. The summed E-state index contributed by atoms with van der Waals surface area (Å²) in [6.45, 7) is 0. The number of nitrogens with zero attached hydrogens (tertiary/aromatic N) is 1. The molecule has 0 aliphatic carbocycles. The lowest BCUT2D eigenvalue weighted by Crippen LogP contribution is -2.06. The van der Waals surface area contributed by atoms with Gasteiger partial charge in [-0.05, 0) is 12.1 Å². The minimum Gasteiger partial charge on any atom is -0.399 e. The van der Waals surface area contributed by atoms with Crippen LogP contribution >= 0.6 is 0 Å². The van der Waals surface area contributed by atoms with Gasteiger partial charge in [0, 0.05) is 11.1 Å². The quantitative estimate of drug-likeness (QED) is 0.641. The molecule has 2 aromatic rings. The number of nitrogens with two attached hydrogens (primary N) is 1. The summed E-state index contributed by atoms with van der Waals surface area (Å²) in [6.07, 6.45) is -3.11. The van der Waals surface area contributed by atoms with Crippen molar-refractivity contribution in [3.8, 4) is 0 Å². The van der Waals surface area contributed by atoms with Crippen molar-refractivity contribution in [3.05, 3.63) is 23.9 Å². The van der Waals surface area contributed by atoms with Crippen LogP contribution in [-0.2, 0) is 6.18 Å². The van der Waals surface area contributed by atoms with E-state index in [1.54, 1.807) is 0 Å². The van der Waals surface area contributed by atoms with Crippen LogP contribution in [0, 0.1) is 0 Å². The summed E-state index contributed by atoms with van der Waals surface area (Å²) in [5, 5.41) is 6.19. The molecule has 0 amide bonds. The van der Waals surface area contributed by atoms with Crippen molar-refractivity contribution in [2.45, 2.75) is 6.18 Å². The lowest BCUT2D eigenvalue weighted by atomic mass is 10.1. The molecule has 0 radical (unpaired) electrons. The third kappa shape index (κ3) is 1.28. The summed E-state index contributed by atoms with van der Waals surface area (Å²) in [5.74, 6) is 0. The van der Waals surface area contributed by atoms with Crippen molar-refractivity contribution in [1.82, 2.24) is 10.2 Å². The number of aromatic amines is 1. The van der Waals surface area contributed by atoms with Gasteiger partial charge < -0.3 is 5.73 Å². The second-order valence-electron chi connectivity index (χ2n) is 2.90. The van der Waals surface area contributed by atoms with Crippen LogP contribution in [0.1, 0.15) is 5.56 Å². The standard InChI is InChI=1S/C8H6F3N3/c9-8(10,11)6-2-5(12)1-4-3-13-14-7(4)6/h1-3H,12H2,(H,13,14). The third-order valence-corrected chi connectivity index (χ3v) is 1.88. The molecule has 0 spiro atoms. The van der Waals surface area contributed by atoms with Gasteiger partial charge >= 0.3 is 6.18 Å². The highest BCUT2D eigenvalue weighted by Gasteiger charge is 2.33. The van der Waals surface area contributed by atoms with Gasteiger partial charge in [-0.2, -0.15) is 18.3 Å². The van der Waals surface area contributed by atoms with E-state index in [4.69, 9.17) is 5.73 Å². The molecule has 1 aromatic heterocycles. The molecule has 1 heterocycles. The van der Waals surface area contributed by atoms with Crippen LogP contribution < -0.4 is 5.73 Å². The lowest BCUT2D eigenvalue weighted by molar-refractivity contribution is -0.136. The number of hydrogen-bond acceptors (Lipinski definition) is 2. The Bertz CT molecular complexity index is 472. The first-order valence-corrected chi connectivity index (χ1v) is 3.78. The van der Waals surface area contributed by atoms with Crippen molar-refractivity contribution >= 4 is 16.6 Å². The number of anilines is 1. The highest BCUT2D eigenvalue weighted by atomic mass is 19.4. The Hall–Kier alpha value is -1.72. The van der Waals surface area contributed by atoms with E-state index in [0.717, 1.165) is 6.07 Å². The van der Waals surface area contributed by atoms with Crippen LogP contribution in [-0.4, -0.2) is 10.2 Å². The lowest BCUT2D eigenvalue weighted by Gasteiger charge is -2.08. The first kappa shape index (κ1) is 8.86. The molecule has 0 saturated carbocycles. The van der Waals surface area contributed by atoms with E-state index < -0.39 is 11.7 Å². The van der Waals surface area contributed by atoms with E-state index in [0.29, 0.717) is 5.39 Å². The van der Waals surface area contributed by atoms with Gasteiger partial charge in [0.2, 0.25) is 0 Å². The van der Waals surface area contributed by atoms with Gasteiger partial charge in [0.1, 0.15) is 0 Å². The molecule has 0 saturated heterocycles. The Morgan fingerprint density at radius 3 is 2.64 bits per heavy atom. The van der Waals surface area contributed by atoms with Gasteiger partial charge in [0.05, 0.1) is 17.3 Å². The molecule has 1 aromatic carbocycles. The van der Waals surface area contributed by atoms with Gasteiger partial charge in [-0.1, -0.05) is 0 Å². The first-order chi connectivity index (χ1) is 6.48. The number of H-pyrrole nitrogens is 1. The Balaban J connectivity index is 2.80. The Labute approximate surface area is 76.7 Å². The Morgan fingerprint density at radius 2 is 2.00 bits per heavy atom. The summed E-state index contributed by atoms with van der Waals surface area (Å²) in [4.78, 5) is 0. The molecule has 0 atom stereocenters. The second kappa shape index (κ2) is 2.63. The van der Waals surface area contributed by atoms with E-state index in [1.165, 1.54) is 12.3 Å². The Kier molecular flexibility index (Phi) is 1.67. The summed E-state index contributed by atoms with van der Waals surface area (Å²) in [5.41, 5.74) is 4.59. The molecular formula is C8H6F3N3. The minimum atomic E-state index is -4.42. The summed E-state index contributed by atoms with van der Waals surface area (Å²) in [7, 11) is 0. The number of alkyl halides is 3. The molecule has 0 aliphatic rings. The van der Waals surface area contributed by atoms with E-state index >= 15 is 0 Å². The van der Waals surface area contributed by atoms with Crippen molar-refractivity contribution < 1.29 is 13.2 Å². The maximum atomic E-state index is 12.5. The van der Waals surface area contributed by atoms with Crippen LogP contribution in [0.3, 0.4) is 0 Å². The first-order valence-electron chi connectivity index (χ1n) is 3.78. The highest BCUT2D eigenvalue weighted by molar-refractivity contribution is 5.85. The maximum absolute atomic E-state index is 12.5. The number of halogens is 3. The number of nitrogens with one attached hydrogen (secondary N) is 1. The molecule has 0 fully saturated rings. The van der Waals surface area contributed by atoms with Gasteiger partial charge in [0.25, 0.3) is 0 Å². The molecule has 0 unspecified atom stereocenters. The zero-order chi connectivity index (χ0) is 10.3. The van der Waals surface area contributed by atoms with Gasteiger partial charge in [-0.25, -0.2) is 0 Å². The maximum Gasteiger partial charge on any atom is 0.418 e. The van der Waals surface area contributed by atoms with E-state index in [-0.39, 0.29) is 11.2 Å². The normalized spacial score (nSPS) is 12.2. The van der Waals surface area contributed by atoms with Crippen molar-refractivity contribution in [2.75, 3.05) is 5.73 Å². The highest BCUT2D eigenvalue weighted by Crippen LogP contribution is 2.35. The van der Waals surface area contributed by atoms with E-state index in [9.17, 15) is 13.2 Å². The zero-order valence-corrected chi connectivity index (χ0v) is 6.89. The van der Waals surface area contributed by atoms with E-state index in [2.05, 4.69) is 10.2 Å². The topological polar surface area (TPSA) is 54.7 Å². The van der Waals surface area contributed by atoms with Crippen LogP contribution in [0.25, 0.3) is 10.9 Å². The van der Waals surface area contributed by atoms with Crippen molar-refractivity contribution in [1.29, 1.82) is 0 Å².